The molecule has 0 aliphatic rings. The van der Waals surface area contributed by atoms with E-state index in [2.05, 4.69) is 173 Å². The summed E-state index contributed by atoms with van der Waals surface area (Å²) in [5.41, 5.74) is 38.3. The molecule has 0 fully saturated rings. The van der Waals surface area contributed by atoms with Gasteiger partial charge in [0, 0.05) is 125 Å². The van der Waals surface area contributed by atoms with Gasteiger partial charge >= 0.3 is 0 Å². The Kier molecular flexibility index (Phi) is 21.2. The van der Waals surface area contributed by atoms with Crippen molar-refractivity contribution in [1.82, 2.24) is 144 Å². The monoisotopic (exact) mass is 1740 g/mol. The molecule has 8 aromatic carbocycles. The minimum Gasteiger partial charge on any atom is -0.397 e. The summed E-state index contributed by atoms with van der Waals surface area (Å²) in [5, 5.41) is 41.0. The third kappa shape index (κ3) is 16.2. The molecule has 0 spiro atoms. The van der Waals surface area contributed by atoms with Crippen molar-refractivity contribution < 1.29 is 4.79 Å². The number of para-hydroxylation sites is 4. The van der Waals surface area contributed by atoms with Gasteiger partial charge in [-0.15, -0.1) is 0 Å². The van der Waals surface area contributed by atoms with Crippen LogP contribution in [-0.2, 0) is 11.3 Å². The number of rotatable bonds is 18. The number of nitrogens with zero attached hydrogens (tertiary/aromatic N) is 20. The van der Waals surface area contributed by atoms with Gasteiger partial charge in [-0.25, -0.2) is 39.9 Å². The topological polar surface area (TPSA) is 419 Å². The number of carbonyl (C=O) groups is 1. The quantitative estimate of drug-likeness (QED) is 0.0380. The van der Waals surface area contributed by atoms with Crippen LogP contribution in [0.5, 0.6) is 0 Å². The Bertz CT molecular complexity index is 8400. The van der Waals surface area contributed by atoms with Gasteiger partial charge in [-0.3, -0.25) is 45.1 Å². The normalized spacial score (nSPS) is 11.5. The maximum absolute atomic E-state index is 12.2. The van der Waals surface area contributed by atoms with E-state index in [0.717, 1.165) is 231 Å². The highest BCUT2D eigenvalue weighted by Gasteiger charge is 2.23. The van der Waals surface area contributed by atoms with Gasteiger partial charge < -0.3 is 54.6 Å². The number of nitrogens with two attached hydrogens (primary N) is 1. The van der Waals surface area contributed by atoms with Crippen LogP contribution in [-0.4, -0.2) is 151 Å². The molecule has 0 unspecified atom stereocenters. The highest BCUT2D eigenvalue weighted by molar-refractivity contribution is 6.02. The summed E-state index contributed by atoms with van der Waals surface area (Å²) in [4.78, 5) is 80.2. The number of aromatic amines is 8. The fraction of sp³-hybridized carbons (Fsp3) is 0.110. The molecule has 16 heterocycles. The molecule has 32 nitrogen and oxygen atoms in total. The molecule has 646 valence electrons. The maximum Gasteiger partial charge on any atom is 0.224 e. The number of aromatic nitrogens is 28. The van der Waals surface area contributed by atoms with Crippen molar-refractivity contribution in [2.75, 3.05) is 17.6 Å². The maximum atomic E-state index is 12.2. The first-order chi connectivity index (χ1) is 64.5. The Morgan fingerprint density at radius 1 is 0.371 bits per heavy atom. The summed E-state index contributed by atoms with van der Waals surface area (Å²) in [6.45, 7) is 15.8. The van der Waals surface area contributed by atoms with E-state index in [-0.39, 0.29) is 11.8 Å². The fourth-order valence-corrected chi connectivity index (χ4v) is 16.5. The van der Waals surface area contributed by atoms with E-state index in [9.17, 15) is 4.79 Å². The first-order valence-corrected chi connectivity index (χ1v) is 43.0. The zero-order valence-electron chi connectivity index (χ0n) is 72.6. The van der Waals surface area contributed by atoms with E-state index < -0.39 is 0 Å². The largest absolute Gasteiger partial charge is 0.397 e. The first-order valence-electron chi connectivity index (χ1n) is 43.0. The third-order valence-corrected chi connectivity index (χ3v) is 22.8. The number of pyridine rings is 4. The standard InChI is InChI=1S/C28H26N8O.C26H24N8.C23H18N8.C23H17N7/c1-16(2)9-25(37)31-20-10-19(12-29-13-20)18-7-8-22-21(11-18)26(35-34-22)28-32-23-5-4-6-24(27(23)33-28)36-14-17(3)30-15-36;1-3-27-11-17-9-19(13-28-12-17)18-7-8-21-20(10-18)24(33-32-21)26-30-22-5-4-6-23(25(22)31-26)34-14-16(2)29-15-34;1-13-11-31(12-26-13)20-4-2-3-19-22(20)28-23(27-19)21-17-8-14(5-6-18(17)29-30-21)15-7-16(24)10-25-9-15;1-14-12-30(13-25-14)20-6-2-5-19-22(20)27-23(26-19)21-17-10-15(7-8-18(17)28-29-21)16-4-3-9-24-11-16/h4-8,10-16H,9H2,1-3H3,(H,31,37)(H,32,33)(H,34,35);4-10,12-15,27H,3,11H2,1-2H3,(H,30,31)(H,32,33);2-12H,24H2,1H3,(H,27,28)(H,29,30);2-13H,1H3,(H,26,27)(H,28,29). The Balaban J connectivity index is 0.000000106. The van der Waals surface area contributed by atoms with E-state index in [0.29, 0.717) is 29.4 Å². The molecule has 32 heteroatoms. The second-order valence-electron chi connectivity index (χ2n) is 32.8. The first kappa shape index (κ1) is 81.2. The van der Waals surface area contributed by atoms with Crippen molar-refractivity contribution in [3.63, 3.8) is 0 Å². The van der Waals surface area contributed by atoms with Crippen LogP contribution in [0.2, 0.25) is 0 Å². The number of nitrogen functional groups attached to an aromatic ring is 1. The van der Waals surface area contributed by atoms with Crippen molar-refractivity contribution >= 4 is 105 Å². The number of hydrogen-bond acceptors (Lipinski definition) is 19. The Hall–Kier alpha value is -17.8. The van der Waals surface area contributed by atoms with Crippen LogP contribution in [0.15, 0.2) is 276 Å². The molecule has 24 aromatic rings. The van der Waals surface area contributed by atoms with Crippen molar-refractivity contribution in [2.45, 2.75) is 61.4 Å². The lowest BCUT2D eigenvalue weighted by Crippen LogP contribution is -2.13. The number of imidazole rings is 8. The molecule has 0 aliphatic carbocycles. The molecule has 16 aromatic heterocycles. The molecule has 0 aliphatic heterocycles. The Morgan fingerprint density at radius 2 is 0.727 bits per heavy atom. The molecular formula is C100H85N31O. The molecule has 12 N–H and O–H groups in total. The van der Waals surface area contributed by atoms with Crippen LogP contribution >= 0.6 is 0 Å². The molecule has 0 saturated carbocycles. The van der Waals surface area contributed by atoms with E-state index in [4.69, 9.17) is 25.7 Å². The van der Waals surface area contributed by atoms with Crippen LogP contribution in [0.25, 0.3) is 201 Å². The number of anilines is 2. The minimum atomic E-state index is -0.0170. The van der Waals surface area contributed by atoms with Crippen molar-refractivity contribution in [2.24, 2.45) is 5.92 Å². The van der Waals surface area contributed by atoms with Crippen LogP contribution in [0.4, 0.5) is 11.4 Å². The smallest absolute Gasteiger partial charge is 0.224 e. The van der Waals surface area contributed by atoms with E-state index in [1.54, 1.807) is 43.6 Å². The van der Waals surface area contributed by atoms with Gasteiger partial charge in [0.2, 0.25) is 5.91 Å². The summed E-state index contributed by atoms with van der Waals surface area (Å²) in [7, 11) is 0. The number of benzene rings is 8. The number of aryl methyl sites for hydroxylation is 4. The van der Waals surface area contributed by atoms with E-state index in [1.165, 1.54) is 0 Å². The number of H-pyrrole nitrogens is 8. The van der Waals surface area contributed by atoms with Crippen LogP contribution in [0.3, 0.4) is 0 Å². The van der Waals surface area contributed by atoms with Crippen molar-refractivity contribution in [3.05, 3.63) is 304 Å². The minimum absolute atomic E-state index is 0.0170. The highest BCUT2D eigenvalue weighted by atomic mass is 16.1. The van der Waals surface area contributed by atoms with Crippen molar-refractivity contribution in [1.29, 1.82) is 0 Å². The van der Waals surface area contributed by atoms with Crippen LogP contribution < -0.4 is 16.4 Å². The van der Waals surface area contributed by atoms with E-state index >= 15 is 0 Å². The predicted molar refractivity (Wildman–Crippen MR) is 515 cm³/mol. The zero-order chi connectivity index (χ0) is 89.6. The lowest BCUT2D eigenvalue weighted by atomic mass is 10.0. The molecule has 132 heavy (non-hydrogen) atoms. The Labute approximate surface area is 751 Å². The van der Waals surface area contributed by atoms with Gasteiger partial charge in [-0.05, 0) is 189 Å². The summed E-state index contributed by atoms with van der Waals surface area (Å²) < 4.78 is 7.95. The summed E-state index contributed by atoms with van der Waals surface area (Å²) in [6, 6.07) is 59.0. The van der Waals surface area contributed by atoms with Gasteiger partial charge in [0.25, 0.3) is 0 Å². The van der Waals surface area contributed by atoms with Gasteiger partial charge in [0.05, 0.1) is 133 Å². The average molecular weight is 1740 g/mol. The predicted octanol–water partition coefficient (Wildman–Crippen LogP) is 19.3. The van der Waals surface area contributed by atoms with E-state index in [1.807, 2.05) is 237 Å². The fourth-order valence-electron chi connectivity index (χ4n) is 16.5. The third-order valence-electron chi connectivity index (χ3n) is 22.8. The van der Waals surface area contributed by atoms with Gasteiger partial charge in [0.15, 0.2) is 23.3 Å². The molecular weight excluding hydrogens is 1650 g/mol. The summed E-state index contributed by atoms with van der Waals surface area (Å²) in [6.07, 6.45) is 30.0. The van der Waals surface area contributed by atoms with Gasteiger partial charge in [0.1, 0.15) is 44.8 Å². The van der Waals surface area contributed by atoms with Gasteiger partial charge in [-0.2, -0.15) is 20.4 Å². The summed E-state index contributed by atoms with van der Waals surface area (Å²) in [5.74, 6) is 3.10. The molecule has 0 bridgehead atoms. The molecule has 1 amide bonds. The number of amides is 1. The Morgan fingerprint density at radius 3 is 1.08 bits per heavy atom. The lowest BCUT2D eigenvalue weighted by Gasteiger charge is -2.09. The van der Waals surface area contributed by atoms with Crippen molar-refractivity contribution in [3.8, 4) is 113 Å². The molecule has 24 rings (SSSR count). The number of carbonyl (C=O) groups excluding carboxylic acids is 1. The molecule has 0 saturated heterocycles. The second kappa shape index (κ2) is 34.5. The molecule has 0 radical (unpaired) electrons. The number of hydrogen-bond donors (Lipinski definition) is 11. The highest BCUT2D eigenvalue weighted by Crippen LogP contribution is 2.39. The lowest BCUT2D eigenvalue weighted by molar-refractivity contribution is -0.116. The number of nitrogens with one attached hydrogen (secondary N) is 10. The molecule has 0 atom stereocenters. The van der Waals surface area contributed by atoms with Crippen LogP contribution in [0.1, 0.15) is 55.5 Å². The van der Waals surface area contributed by atoms with Gasteiger partial charge in [-0.1, -0.05) is 75.4 Å². The second-order valence-corrected chi connectivity index (χ2v) is 32.8. The van der Waals surface area contributed by atoms with Crippen LogP contribution in [0, 0.1) is 33.6 Å². The number of fused-ring (bicyclic) bond motifs is 8. The average Bonchev–Trinajstić information content (AvgIpc) is 1.63. The SMILES string of the molecule is CCNCc1cncc(-c2ccc3[nH]nc(-c4nc5c(-n6cnc(C)c6)cccc5[nH]4)c3c2)c1.Cc1cn(-c2cccc3[nH]c(-c4n[nH]c5ccc(-c6cccnc6)cc45)nc23)cn1.Cc1cn(-c2cccc3[nH]c(-c4n[nH]c5ccc(-c6cncc(N)c6)cc45)nc23)cn1.Cc1cn(-c2cccc3[nH]c(-c4n[nH]c5ccc(-c6cncc(NC(=O)CC(C)C)c6)cc45)nc23)cn1. The zero-order valence-corrected chi connectivity index (χ0v) is 72.6. The summed E-state index contributed by atoms with van der Waals surface area (Å²) >= 11 is 0.